The van der Waals surface area contributed by atoms with Crippen molar-refractivity contribution in [3.8, 4) is 11.6 Å². The number of hydrogen-bond acceptors (Lipinski definition) is 5. The maximum Gasteiger partial charge on any atom is 0.417 e. The number of alkyl halides is 3. The minimum absolute atomic E-state index is 0.0956. The van der Waals surface area contributed by atoms with Gasteiger partial charge in [0, 0.05) is 16.1 Å². The van der Waals surface area contributed by atoms with Crippen LogP contribution in [0.5, 0.6) is 0 Å². The van der Waals surface area contributed by atoms with Gasteiger partial charge < -0.3 is 4.42 Å². The zero-order valence-electron chi connectivity index (χ0n) is 13.6. The smallest absolute Gasteiger partial charge is 0.401 e. The molecule has 0 fully saturated rings. The van der Waals surface area contributed by atoms with E-state index < -0.39 is 17.4 Å². The molecule has 0 radical (unpaired) electrons. The van der Waals surface area contributed by atoms with Crippen LogP contribution in [0.4, 0.5) is 13.2 Å². The number of aryl methyl sites for hydroxylation is 1. The lowest BCUT2D eigenvalue weighted by Crippen LogP contribution is -2.08. The molecule has 4 nitrogen and oxygen atoms in total. The van der Waals surface area contributed by atoms with E-state index in [-0.39, 0.29) is 21.9 Å². The first kappa shape index (κ1) is 18.7. The zero-order chi connectivity index (χ0) is 19.1. The Hall–Kier alpha value is -2.06. The SMILES string of the molecule is CCSc1cc(C(F)(F)F)cnc1-c1nc2c(C)cc(Cl)cc2c(=O)o1. The van der Waals surface area contributed by atoms with Gasteiger partial charge in [-0.05, 0) is 36.4 Å². The molecule has 0 bridgehead atoms. The van der Waals surface area contributed by atoms with Crippen molar-refractivity contribution in [2.24, 2.45) is 0 Å². The van der Waals surface area contributed by atoms with Gasteiger partial charge in [0.15, 0.2) is 0 Å². The Bertz CT molecular complexity index is 1050. The van der Waals surface area contributed by atoms with Crippen LogP contribution in [0.25, 0.3) is 22.5 Å². The van der Waals surface area contributed by atoms with Crippen molar-refractivity contribution >= 4 is 34.3 Å². The molecule has 0 saturated carbocycles. The van der Waals surface area contributed by atoms with E-state index in [0.29, 0.717) is 28.1 Å². The Morgan fingerprint density at radius 3 is 2.65 bits per heavy atom. The molecule has 9 heteroatoms. The van der Waals surface area contributed by atoms with Crippen LogP contribution in [0, 0.1) is 6.92 Å². The monoisotopic (exact) mass is 400 g/mol. The highest BCUT2D eigenvalue weighted by molar-refractivity contribution is 7.99. The van der Waals surface area contributed by atoms with Crippen LogP contribution in [0.2, 0.25) is 5.02 Å². The highest BCUT2D eigenvalue weighted by Gasteiger charge is 2.32. The van der Waals surface area contributed by atoms with Crippen LogP contribution in [0.3, 0.4) is 0 Å². The summed E-state index contributed by atoms with van der Waals surface area (Å²) in [7, 11) is 0. The number of fused-ring (bicyclic) bond motifs is 1. The maximum absolute atomic E-state index is 13.0. The summed E-state index contributed by atoms with van der Waals surface area (Å²) in [5.74, 6) is 0.389. The van der Waals surface area contributed by atoms with Gasteiger partial charge in [0.2, 0.25) is 0 Å². The first-order valence-electron chi connectivity index (χ1n) is 7.52. The second kappa shape index (κ2) is 6.92. The Kier molecular flexibility index (Phi) is 4.98. The lowest BCUT2D eigenvalue weighted by Gasteiger charge is -2.11. The summed E-state index contributed by atoms with van der Waals surface area (Å²) in [6.45, 7) is 3.52. The van der Waals surface area contributed by atoms with Crippen LogP contribution >= 0.6 is 23.4 Å². The number of aromatic nitrogens is 2. The predicted octanol–water partition coefficient (Wildman–Crippen LogP) is 5.34. The second-order valence-corrected chi connectivity index (χ2v) is 7.17. The van der Waals surface area contributed by atoms with Crippen LogP contribution in [-0.2, 0) is 6.18 Å². The van der Waals surface area contributed by atoms with Crippen molar-refractivity contribution in [2.75, 3.05) is 5.75 Å². The summed E-state index contributed by atoms with van der Waals surface area (Å²) in [6.07, 6.45) is -3.81. The molecule has 0 spiro atoms. The molecule has 2 aromatic heterocycles. The average molecular weight is 401 g/mol. The molecular weight excluding hydrogens is 389 g/mol. The fourth-order valence-corrected chi connectivity index (χ4v) is 3.50. The Labute approximate surface area is 155 Å². The molecule has 1 aromatic carbocycles. The largest absolute Gasteiger partial charge is 0.417 e. The minimum atomic E-state index is -4.51. The molecule has 3 rings (SSSR count). The van der Waals surface area contributed by atoms with Crippen molar-refractivity contribution in [2.45, 2.75) is 24.9 Å². The summed E-state index contributed by atoms with van der Waals surface area (Å²) >= 11 is 7.11. The number of pyridine rings is 1. The van der Waals surface area contributed by atoms with Gasteiger partial charge in [-0.2, -0.15) is 13.2 Å². The van der Waals surface area contributed by atoms with E-state index in [2.05, 4.69) is 9.97 Å². The van der Waals surface area contributed by atoms with E-state index in [4.69, 9.17) is 16.0 Å². The molecule has 2 heterocycles. The first-order chi connectivity index (χ1) is 12.2. The van der Waals surface area contributed by atoms with E-state index >= 15 is 0 Å². The molecule has 0 aliphatic heterocycles. The van der Waals surface area contributed by atoms with Gasteiger partial charge in [-0.3, -0.25) is 0 Å². The minimum Gasteiger partial charge on any atom is -0.401 e. The summed E-state index contributed by atoms with van der Waals surface area (Å²) in [5, 5.41) is 0.571. The van der Waals surface area contributed by atoms with Gasteiger partial charge in [-0.1, -0.05) is 18.5 Å². The van der Waals surface area contributed by atoms with E-state index in [1.54, 1.807) is 19.9 Å². The molecule has 0 atom stereocenters. The van der Waals surface area contributed by atoms with E-state index in [0.717, 1.165) is 17.8 Å². The Morgan fingerprint density at radius 1 is 1.27 bits per heavy atom. The predicted molar refractivity (Wildman–Crippen MR) is 94.7 cm³/mol. The van der Waals surface area contributed by atoms with Crippen LogP contribution in [0.15, 0.2) is 38.5 Å². The molecule has 0 amide bonds. The van der Waals surface area contributed by atoms with E-state index in [1.165, 1.54) is 6.07 Å². The lowest BCUT2D eigenvalue weighted by molar-refractivity contribution is -0.138. The molecular formula is C17H12ClF3N2O2S. The molecule has 0 unspecified atom stereocenters. The van der Waals surface area contributed by atoms with Gasteiger partial charge in [0.05, 0.1) is 16.5 Å². The summed E-state index contributed by atoms with van der Waals surface area (Å²) in [5.41, 5.74) is -0.431. The average Bonchev–Trinajstić information content (AvgIpc) is 2.55. The van der Waals surface area contributed by atoms with Gasteiger partial charge in [-0.25, -0.2) is 14.8 Å². The third kappa shape index (κ3) is 3.57. The lowest BCUT2D eigenvalue weighted by atomic mass is 10.1. The fraction of sp³-hybridized carbons (Fsp3) is 0.235. The number of nitrogens with zero attached hydrogens (tertiary/aromatic N) is 2. The quantitative estimate of drug-likeness (QED) is 0.555. The van der Waals surface area contributed by atoms with Crippen LogP contribution in [0.1, 0.15) is 18.1 Å². The summed E-state index contributed by atoms with van der Waals surface area (Å²) in [6, 6.07) is 4.06. The van der Waals surface area contributed by atoms with Crippen molar-refractivity contribution in [3.05, 3.63) is 51.0 Å². The van der Waals surface area contributed by atoms with Crippen molar-refractivity contribution in [1.82, 2.24) is 9.97 Å². The third-order valence-corrected chi connectivity index (χ3v) is 4.70. The van der Waals surface area contributed by atoms with Gasteiger partial charge in [0.25, 0.3) is 5.89 Å². The van der Waals surface area contributed by atoms with Crippen LogP contribution < -0.4 is 5.63 Å². The van der Waals surface area contributed by atoms with Crippen molar-refractivity contribution in [1.29, 1.82) is 0 Å². The fourth-order valence-electron chi connectivity index (χ4n) is 2.43. The Balaban J connectivity index is 2.24. The van der Waals surface area contributed by atoms with Crippen molar-refractivity contribution < 1.29 is 17.6 Å². The molecule has 26 heavy (non-hydrogen) atoms. The molecule has 136 valence electrons. The number of rotatable bonds is 3. The number of hydrogen-bond donors (Lipinski definition) is 0. The topological polar surface area (TPSA) is 56.0 Å². The standard InChI is InChI=1S/C17H12ClF3N2O2S/c1-3-26-12-5-9(17(19,20)21)7-22-14(12)15-23-13-8(2)4-10(18)6-11(13)16(24)25-15/h4-7H,3H2,1-2H3. The summed E-state index contributed by atoms with van der Waals surface area (Å²) in [4.78, 5) is 20.7. The summed E-state index contributed by atoms with van der Waals surface area (Å²) < 4.78 is 44.1. The highest BCUT2D eigenvalue weighted by Crippen LogP contribution is 2.35. The number of halogens is 4. The van der Waals surface area contributed by atoms with E-state index in [9.17, 15) is 18.0 Å². The molecule has 0 N–H and O–H groups in total. The highest BCUT2D eigenvalue weighted by atomic mass is 35.5. The molecule has 0 aliphatic rings. The second-order valence-electron chi connectivity index (χ2n) is 5.43. The molecule has 3 aromatic rings. The Morgan fingerprint density at radius 2 is 2.00 bits per heavy atom. The zero-order valence-corrected chi connectivity index (χ0v) is 15.2. The van der Waals surface area contributed by atoms with Gasteiger partial charge in [0.1, 0.15) is 5.69 Å². The molecule has 0 aliphatic carbocycles. The number of thioether (sulfide) groups is 1. The van der Waals surface area contributed by atoms with Gasteiger partial charge in [-0.15, -0.1) is 11.8 Å². The normalized spacial score (nSPS) is 11.9. The van der Waals surface area contributed by atoms with Crippen molar-refractivity contribution in [3.63, 3.8) is 0 Å². The number of benzene rings is 1. The maximum atomic E-state index is 13.0. The first-order valence-corrected chi connectivity index (χ1v) is 8.88. The van der Waals surface area contributed by atoms with Crippen LogP contribution in [-0.4, -0.2) is 15.7 Å². The third-order valence-electron chi connectivity index (χ3n) is 3.57. The van der Waals surface area contributed by atoms with Gasteiger partial charge >= 0.3 is 11.8 Å². The molecule has 0 saturated heterocycles. The van der Waals surface area contributed by atoms with E-state index in [1.807, 2.05) is 0 Å².